The molecule has 0 atom stereocenters. The molecule has 0 saturated heterocycles. The highest BCUT2D eigenvalue weighted by molar-refractivity contribution is 7.92. The van der Waals surface area contributed by atoms with Gasteiger partial charge in [-0.05, 0) is 49.2 Å². The first-order valence-corrected chi connectivity index (χ1v) is 7.43. The number of rotatable bonds is 3. The minimum Gasteiger partial charge on any atom is -0.396 e. The number of nitrogens with two attached hydrogens (primary N) is 1. The summed E-state index contributed by atoms with van der Waals surface area (Å²) >= 11 is 0. The number of benzene rings is 2. The van der Waals surface area contributed by atoms with Gasteiger partial charge < -0.3 is 5.73 Å². The second-order valence-electron chi connectivity index (χ2n) is 4.61. The van der Waals surface area contributed by atoms with E-state index in [0.717, 1.165) is 17.7 Å². The highest BCUT2D eigenvalue weighted by Crippen LogP contribution is 2.24. The first-order valence-electron chi connectivity index (χ1n) is 5.95. The lowest BCUT2D eigenvalue weighted by Gasteiger charge is -2.12. The summed E-state index contributed by atoms with van der Waals surface area (Å²) in [6, 6.07) is 9.20. The second kappa shape index (κ2) is 5.13. The Hall–Kier alpha value is -2.08. The number of nitrogen functional groups attached to an aromatic ring is 1. The van der Waals surface area contributed by atoms with E-state index in [1.807, 2.05) is 13.0 Å². The Kier molecular flexibility index (Phi) is 3.67. The summed E-state index contributed by atoms with van der Waals surface area (Å²) in [5.41, 5.74) is 6.93. The molecule has 0 heterocycles. The molecule has 3 N–H and O–H groups in total. The molecule has 2 aromatic rings. The van der Waals surface area contributed by atoms with Gasteiger partial charge in [0.15, 0.2) is 0 Å². The molecular formula is C14H15FN2O2S. The molecule has 106 valence electrons. The first-order chi connectivity index (χ1) is 9.29. The second-order valence-corrected chi connectivity index (χ2v) is 6.27. The van der Waals surface area contributed by atoms with Crippen molar-refractivity contribution in [3.8, 4) is 0 Å². The van der Waals surface area contributed by atoms with Crippen molar-refractivity contribution in [1.29, 1.82) is 0 Å². The lowest BCUT2D eigenvalue weighted by molar-refractivity contribution is 0.599. The third-order valence-corrected chi connectivity index (χ3v) is 4.38. The van der Waals surface area contributed by atoms with Gasteiger partial charge in [0.2, 0.25) is 0 Å². The van der Waals surface area contributed by atoms with Crippen molar-refractivity contribution < 1.29 is 12.8 Å². The zero-order chi connectivity index (χ0) is 14.9. The number of halogens is 1. The predicted molar refractivity (Wildman–Crippen MR) is 77.5 cm³/mol. The summed E-state index contributed by atoms with van der Waals surface area (Å²) in [6.07, 6.45) is 0. The van der Waals surface area contributed by atoms with Gasteiger partial charge in [0.25, 0.3) is 10.0 Å². The third-order valence-electron chi connectivity index (χ3n) is 2.85. The molecule has 0 aliphatic heterocycles. The maximum absolute atomic E-state index is 13.3. The monoisotopic (exact) mass is 294 g/mol. The fourth-order valence-corrected chi connectivity index (χ4v) is 3.19. The van der Waals surface area contributed by atoms with Crippen LogP contribution < -0.4 is 10.5 Å². The highest BCUT2D eigenvalue weighted by atomic mass is 32.2. The van der Waals surface area contributed by atoms with E-state index in [9.17, 15) is 12.8 Å². The average molecular weight is 294 g/mol. The molecule has 0 amide bonds. The van der Waals surface area contributed by atoms with Gasteiger partial charge in [0.1, 0.15) is 5.82 Å². The predicted octanol–water partition coefficient (Wildman–Crippen LogP) is 2.83. The van der Waals surface area contributed by atoms with E-state index in [2.05, 4.69) is 4.72 Å². The molecule has 4 nitrogen and oxygen atoms in total. The molecule has 0 saturated carbocycles. The van der Waals surface area contributed by atoms with E-state index < -0.39 is 15.8 Å². The van der Waals surface area contributed by atoms with Gasteiger partial charge >= 0.3 is 0 Å². The Morgan fingerprint density at radius 1 is 1.15 bits per heavy atom. The molecule has 6 heteroatoms. The van der Waals surface area contributed by atoms with Crippen LogP contribution in [0.4, 0.5) is 15.8 Å². The highest BCUT2D eigenvalue weighted by Gasteiger charge is 2.19. The lowest BCUT2D eigenvalue weighted by atomic mass is 10.2. The van der Waals surface area contributed by atoms with E-state index in [0.29, 0.717) is 11.3 Å². The largest absolute Gasteiger partial charge is 0.396 e. The van der Waals surface area contributed by atoms with Crippen molar-refractivity contribution in [2.24, 2.45) is 0 Å². The summed E-state index contributed by atoms with van der Waals surface area (Å²) in [4.78, 5) is -0.0297. The molecule has 2 rings (SSSR count). The minimum atomic E-state index is -3.80. The zero-order valence-corrected chi connectivity index (χ0v) is 12.0. The standard InChI is InChI=1S/C14H15FN2O2S/c1-9-4-3-5-11(6-9)17-20(18,19)14-8-13(16)12(15)7-10(14)2/h3-8,17H,16H2,1-2H3. The Morgan fingerprint density at radius 2 is 1.85 bits per heavy atom. The quantitative estimate of drug-likeness (QED) is 0.855. The van der Waals surface area contributed by atoms with Gasteiger partial charge in [0.05, 0.1) is 10.6 Å². The van der Waals surface area contributed by atoms with Crippen LogP contribution in [-0.4, -0.2) is 8.42 Å². The van der Waals surface area contributed by atoms with Gasteiger partial charge in [-0.25, -0.2) is 12.8 Å². The maximum atomic E-state index is 13.3. The van der Waals surface area contributed by atoms with Crippen LogP contribution in [0.1, 0.15) is 11.1 Å². The van der Waals surface area contributed by atoms with Crippen molar-refractivity contribution >= 4 is 21.4 Å². The first kappa shape index (κ1) is 14.3. The molecule has 20 heavy (non-hydrogen) atoms. The number of anilines is 2. The Balaban J connectivity index is 2.43. The van der Waals surface area contributed by atoms with Crippen LogP contribution in [0, 0.1) is 19.7 Å². The molecule has 0 aliphatic carbocycles. The SMILES string of the molecule is Cc1cccc(NS(=O)(=O)c2cc(N)c(F)cc2C)c1. The van der Waals surface area contributed by atoms with Crippen molar-refractivity contribution in [3.05, 3.63) is 53.3 Å². The summed E-state index contributed by atoms with van der Waals surface area (Å²) < 4.78 is 40.4. The van der Waals surface area contributed by atoms with Gasteiger partial charge in [-0.2, -0.15) is 0 Å². The van der Waals surface area contributed by atoms with E-state index in [-0.39, 0.29) is 10.6 Å². The van der Waals surface area contributed by atoms with Crippen LogP contribution in [-0.2, 0) is 10.0 Å². The number of nitrogens with one attached hydrogen (secondary N) is 1. The maximum Gasteiger partial charge on any atom is 0.262 e. The van der Waals surface area contributed by atoms with Crippen LogP contribution in [0.2, 0.25) is 0 Å². The summed E-state index contributed by atoms with van der Waals surface area (Å²) in [5.74, 6) is -0.628. The molecule has 0 aromatic heterocycles. The fraction of sp³-hybridized carbons (Fsp3) is 0.143. The van der Waals surface area contributed by atoms with Gasteiger partial charge in [-0.15, -0.1) is 0 Å². The molecule has 0 bridgehead atoms. The molecule has 2 aromatic carbocycles. The summed E-state index contributed by atoms with van der Waals surface area (Å²) in [7, 11) is -3.80. The smallest absolute Gasteiger partial charge is 0.262 e. The molecule has 0 aliphatic rings. The summed E-state index contributed by atoms with van der Waals surface area (Å²) in [6.45, 7) is 3.38. The van der Waals surface area contributed by atoms with Crippen LogP contribution >= 0.6 is 0 Å². The van der Waals surface area contributed by atoms with Gasteiger partial charge in [-0.1, -0.05) is 12.1 Å². The van der Waals surface area contributed by atoms with Crippen molar-refractivity contribution in [2.45, 2.75) is 18.7 Å². The average Bonchev–Trinajstić information content (AvgIpc) is 2.33. The number of hydrogen-bond donors (Lipinski definition) is 2. The van der Waals surface area contributed by atoms with Gasteiger partial charge in [-0.3, -0.25) is 4.72 Å². The van der Waals surface area contributed by atoms with Gasteiger partial charge in [0, 0.05) is 5.69 Å². The van der Waals surface area contributed by atoms with Crippen LogP contribution in [0.5, 0.6) is 0 Å². The molecular weight excluding hydrogens is 279 g/mol. The zero-order valence-electron chi connectivity index (χ0n) is 11.1. The normalized spacial score (nSPS) is 11.3. The Bertz CT molecular complexity index is 758. The lowest BCUT2D eigenvalue weighted by Crippen LogP contribution is -2.15. The minimum absolute atomic E-state index is 0.0297. The molecule has 0 unspecified atom stereocenters. The topological polar surface area (TPSA) is 72.2 Å². The summed E-state index contributed by atoms with van der Waals surface area (Å²) in [5, 5.41) is 0. The molecule has 0 spiro atoms. The fourth-order valence-electron chi connectivity index (χ4n) is 1.88. The van der Waals surface area contributed by atoms with Crippen LogP contribution in [0.3, 0.4) is 0 Å². The van der Waals surface area contributed by atoms with E-state index in [1.165, 1.54) is 6.92 Å². The molecule has 0 fully saturated rings. The van der Waals surface area contributed by atoms with Crippen LogP contribution in [0.25, 0.3) is 0 Å². The number of hydrogen-bond acceptors (Lipinski definition) is 3. The van der Waals surface area contributed by atoms with Crippen molar-refractivity contribution in [3.63, 3.8) is 0 Å². The number of sulfonamides is 1. The van der Waals surface area contributed by atoms with E-state index >= 15 is 0 Å². The van der Waals surface area contributed by atoms with Crippen LogP contribution in [0.15, 0.2) is 41.3 Å². The van der Waals surface area contributed by atoms with Crippen molar-refractivity contribution in [2.75, 3.05) is 10.5 Å². The Morgan fingerprint density at radius 3 is 2.50 bits per heavy atom. The molecule has 0 radical (unpaired) electrons. The third kappa shape index (κ3) is 2.91. The van der Waals surface area contributed by atoms with E-state index in [4.69, 9.17) is 5.73 Å². The van der Waals surface area contributed by atoms with E-state index in [1.54, 1.807) is 18.2 Å². The van der Waals surface area contributed by atoms with Crippen molar-refractivity contribution in [1.82, 2.24) is 0 Å². The Labute approximate surface area is 117 Å². The number of aryl methyl sites for hydroxylation is 2.